The van der Waals surface area contributed by atoms with E-state index in [0.29, 0.717) is 17.4 Å². The molecular formula is C15H27N3O. The number of methoxy groups -OCH3 is 1. The van der Waals surface area contributed by atoms with Gasteiger partial charge in [0, 0.05) is 37.5 Å². The zero-order valence-electron chi connectivity index (χ0n) is 12.4. The van der Waals surface area contributed by atoms with Crippen LogP contribution in [0.4, 0.5) is 0 Å². The smallest absolute Gasteiger partial charge is 0.0565 e. The maximum absolute atomic E-state index is 5.39. The van der Waals surface area contributed by atoms with Crippen LogP contribution in [0.3, 0.4) is 0 Å². The molecule has 1 atom stereocenters. The summed E-state index contributed by atoms with van der Waals surface area (Å²) in [5.41, 5.74) is 0.381. The summed E-state index contributed by atoms with van der Waals surface area (Å²) in [6.45, 7) is 7.42. The summed E-state index contributed by atoms with van der Waals surface area (Å²) in [6.07, 6.45) is 7.80. The third kappa shape index (κ3) is 3.80. The molecule has 1 fully saturated rings. The third-order valence-electron chi connectivity index (χ3n) is 4.35. The zero-order chi connectivity index (χ0) is 13.7. The van der Waals surface area contributed by atoms with Gasteiger partial charge in [-0.05, 0) is 24.8 Å². The Morgan fingerprint density at radius 3 is 2.68 bits per heavy atom. The van der Waals surface area contributed by atoms with Gasteiger partial charge in [0.15, 0.2) is 0 Å². The number of rotatable bonds is 8. The van der Waals surface area contributed by atoms with E-state index < -0.39 is 0 Å². The minimum absolute atomic E-state index is 0.381. The normalized spacial score (nSPS) is 19.4. The first-order valence-electron chi connectivity index (χ1n) is 7.35. The second kappa shape index (κ2) is 6.53. The molecule has 1 aromatic heterocycles. The lowest BCUT2D eigenvalue weighted by atomic mass is 9.69. The van der Waals surface area contributed by atoms with Crippen LogP contribution in [0.5, 0.6) is 0 Å². The van der Waals surface area contributed by atoms with Gasteiger partial charge in [-0.25, -0.2) is 0 Å². The first-order chi connectivity index (χ1) is 9.15. The van der Waals surface area contributed by atoms with Gasteiger partial charge in [-0.1, -0.05) is 20.3 Å². The molecule has 4 nitrogen and oxygen atoms in total. The van der Waals surface area contributed by atoms with Gasteiger partial charge in [0.1, 0.15) is 0 Å². The molecule has 0 bridgehead atoms. The number of hydrogen-bond donors (Lipinski definition) is 1. The highest BCUT2D eigenvalue weighted by molar-refractivity contribution is 4.91. The van der Waals surface area contributed by atoms with Crippen molar-refractivity contribution < 1.29 is 4.74 Å². The van der Waals surface area contributed by atoms with Crippen LogP contribution in [0.1, 0.15) is 33.1 Å². The summed E-state index contributed by atoms with van der Waals surface area (Å²) < 4.78 is 7.41. The second-order valence-corrected chi connectivity index (χ2v) is 6.25. The van der Waals surface area contributed by atoms with Crippen molar-refractivity contribution in [3.8, 4) is 0 Å². The molecule has 1 heterocycles. The Balaban J connectivity index is 1.86. The topological polar surface area (TPSA) is 39.1 Å². The highest BCUT2D eigenvalue weighted by atomic mass is 16.5. The Bertz CT molecular complexity index is 357. The zero-order valence-corrected chi connectivity index (χ0v) is 12.4. The molecule has 0 saturated heterocycles. The van der Waals surface area contributed by atoms with Crippen LogP contribution in [0.15, 0.2) is 18.5 Å². The second-order valence-electron chi connectivity index (χ2n) is 6.25. The van der Waals surface area contributed by atoms with Gasteiger partial charge in [-0.2, -0.15) is 5.10 Å². The van der Waals surface area contributed by atoms with Crippen LogP contribution >= 0.6 is 0 Å². The monoisotopic (exact) mass is 265 g/mol. The first kappa shape index (κ1) is 14.5. The maximum Gasteiger partial charge on any atom is 0.0565 e. The molecule has 1 N–H and O–H groups in total. The lowest BCUT2D eigenvalue weighted by Crippen LogP contribution is -2.48. The van der Waals surface area contributed by atoms with Gasteiger partial charge in [-0.15, -0.1) is 0 Å². The minimum atomic E-state index is 0.381. The van der Waals surface area contributed by atoms with Gasteiger partial charge in [0.25, 0.3) is 0 Å². The van der Waals surface area contributed by atoms with E-state index in [9.17, 15) is 0 Å². The molecule has 1 aliphatic rings. The van der Waals surface area contributed by atoms with Crippen LogP contribution in [-0.2, 0) is 11.3 Å². The van der Waals surface area contributed by atoms with Gasteiger partial charge >= 0.3 is 0 Å². The Hall–Kier alpha value is -0.870. The van der Waals surface area contributed by atoms with E-state index in [1.54, 1.807) is 0 Å². The predicted octanol–water partition coefficient (Wildman–Crippen LogP) is 2.31. The van der Waals surface area contributed by atoms with Crippen molar-refractivity contribution in [3.05, 3.63) is 18.5 Å². The lowest BCUT2D eigenvalue weighted by Gasteiger charge is -2.42. The molecule has 2 rings (SSSR count). The van der Waals surface area contributed by atoms with Crippen molar-refractivity contribution in [2.24, 2.45) is 11.3 Å². The quantitative estimate of drug-likeness (QED) is 0.784. The van der Waals surface area contributed by atoms with E-state index in [1.165, 1.54) is 19.3 Å². The summed E-state index contributed by atoms with van der Waals surface area (Å²) in [5, 5.41) is 8.05. The highest BCUT2D eigenvalue weighted by Crippen LogP contribution is 2.40. The number of aromatic nitrogens is 2. The summed E-state index contributed by atoms with van der Waals surface area (Å²) in [5.74, 6) is 0.601. The predicted molar refractivity (Wildman–Crippen MR) is 77.0 cm³/mol. The molecule has 0 aromatic carbocycles. The highest BCUT2D eigenvalue weighted by Gasteiger charge is 2.37. The van der Waals surface area contributed by atoms with Crippen molar-refractivity contribution >= 4 is 0 Å². The molecule has 0 aliphatic heterocycles. The average Bonchev–Trinajstić information content (AvgIpc) is 2.83. The fraction of sp³-hybridized carbons (Fsp3) is 0.800. The standard InChI is InChI=1S/C15H27N3O/c1-13(2)14(10-18-9-5-8-17-18)16-11-15(12-19-3)6-4-7-15/h5,8-9,13-14,16H,4,6-7,10-12H2,1-3H3/t14-/m1/s1. The Morgan fingerprint density at radius 2 is 2.21 bits per heavy atom. The summed E-state index contributed by atoms with van der Waals surface area (Å²) in [6, 6.07) is 2.45. The van der Waals surface area contributed by atoms with Crippen LogP contribution in [-0.4, -0.2) is 36.1 Å². The summed E-state index contributed by atoms with van der Waals surface area (Å²) >= 11 is 0. The molecule has 0 radical (unpaired) electrons. The van der Waals surface area contributed by atoms with Gasteiger partial charge < -0.3 is 10.1 Å². The van der Waals surface area contributed by atoms with E-state index in [1.807, 2.05) is 30.3 Å². The number of ether oxygens (including phenoxy) is 1. The van der Waals surface area contributed by atoms with Crippen molar-refractivity contribution in [2.75, 3.05) is 20.3 Å². The largest absolute Gasteiger partial charge is 0.384 e. The maximum atomic E-state index is 5.39. The first-order valence-corrected chi connectivity index (χ1v) is 7.35. The van der Waals surface area contributed by atoms with E-state index in [4.69, 9.17) is 4.74 Å². The number of nitrogens with one attached hydrogen (secondary N) is 1. The van der Waals surface area contributed by atoms with Gasteiger partial charge in [0.2, 0.25) is 0 Å². The van der Waals surface area contributed by atoms with Gasteiger partial charge in [-0.3, -0.25) is 4.68 Å². The number of hydrogen-bond acceptors (Lipinski definition) is 3. The Labute approximate surface area is 116 Å². The molecule has 0 amide bonds. The van der Waals surface area contributed by atoms with Crippen LogP contribution < -0.4 is 5.32 Å². The molecule has 19 heavy (non-hydrogen) atoms. The molecule has 1 aromatic rings. The van der Waals surface area contributed by atoms with Crippen molar-refractivity contribution in [3.63, 3.8) is 0 Å². The number of nitrogens with zero attached hydrogens (tertiary/aromatic N) is 2. The Kier molecular flexibility index (Phi) is 4.99. The molecule has 1 aliphatic carbocycles. The molecule has 4 heteroatoms. The SMILES string of the molecule is COCC1(CN[C@H](Cn2cccn2)C(C)C)CCC1. The Morgan fingerprint density at radius 1 is 1.42 bits per heavy atom. The third-order valence-corrected chi connectivity index (χ3v) is 4.35. The van der Waals surface area contributed by atoms with E-state index in [0.717, 1.165) is 19.7 Å². The lowest BCUT2D eigenvalue weighted by molar-refractivity contribution is 0.0141. The summed E-state index contributed by atoms with van der Waals surface area (Å²) in [4.78, 5) is 0. The van der Waals surface area contributed by atoms with Crippen molar-refractivity contribution in [2.45, 2.75) is 45.7 Å². The van der Waals surface area contributed by atoms with E-state index >= 15 is 0 Å². The van der Waals surface area contributed by atoms with Gasteiger partial charge in [0.05, 0.1) is 13.2 Å². The van der Waals surface area contributed by atoms with Crippen LogP contribution in [0, 0.1) is 11.3 Å². The summed E-state index contributed by atoms with van der Waals surface area (Å²) in [7, 11) is 1.81. The van der Waals surface area contributed by atoms with Crippen molar-refractivity contribution in [1.82, 2.24) is 15.1 Å². The fourth-order valence-corrected chi connectivity index (χ4v) is 2.82. The minimum Gasteiger partial charge on any atom is -0.384 e. The molecule has 1 saturated carbocycles. The molecular weight excluding hydrogens is 238 g/mol. The average molecular weight is 265 g/mol. The molecule has 0 spiro atoms. The van der Waals surface area contributed by atoms with E-state index in [-0.39, 0.29) is 0 Å². The van der Waals surface area contributed by atoms with E-state index in [2.05, 4.69) is 24.3 Å². The van der Waals surface area contributed by atoms with Crippen LogP contribution in [0.25, 0.3) is 0 Å². The molecule has 108 valence electrons. The van der Waals surface area contributed by atoms with Crippen molar-refractivity contribution in [1.29, 1.82) is 0 Å². The molecule has 0 unspecified atom stereocenters. The fourth-order valence-electron chi connectivity index (χ4n) is 2.82. The van der Waals surface area contributed by atoms with Crippen LogP contribution in [0.2, 0.25) is 0 Å².